The molecule has 1 unspecified atom stereocenters. The lowest BCUT2D eigenvalue weighted by Gasteiger charge is -2.34. The van der Waals surface area contributed by atoms with Crippen molar-refractivity contribution in [1.82, 2.24) is 20.2 Å². The van der Waals surface area contributed by atoms with Gasteiger partial charge in [-0.15, -0.1) is 0 Å². The lowest BCUT2D eigenvalue weighted by Crippen LogP contribution is -2.40. The van der Waals surface area contributed by atoms with Gasteiger partial charge in [0.1, 0.15) is 5.82 Å². The van der Waals surface area contributed by atoms with Crippen LogP contribution in [-0.2, 0) is 0 Å². The normalized spacial score (nSPS) is 16.4. The van der Waals surface area contributed by atoms with Gasteiger partial charge in [0.15, 0.2) is 0 Å². The Morgan fingerprint density at radius 3 is 2.56 bits per heavy atom. The zero-order chi connectivity index (χ0) is 17.6. The maximum absolute atomic E-state index is 12.5. The number of halogens is 1. The number of carbonyl (C=O) groups excluding carboxylic acids is 1. The number of carbonyl (C=O) groups is 1. The maximum atomic E-state index is 12.5. The zero-order valence-electron chi connectivity index (χ0n) is 14.4. The predicted molar refractivity (Wildman–Crippen MR) is 98.7 cm³/mol. The molecule has 1 N–H and O–H groups in total. The Labute approximate surface area is 153 Å². The van der Waals surface area contributed by atoms with E-state index in [4.69, 9.17) is 11.6 Å². The average Bonchev–Trinajstić information content (AvgIpc) is 2.64. The van der Waals surface area contributed by atoms with Gasteiger partial charge < -0.3 is 5.32 Å². The fraction of sp³-hybridized carbons (Fsp3) is 0.421. The first-order chi connectivity index (χ1) is 12.1. The minimum atomic E-state index is -0.152. The van der Waals surface area contributed by atoms with E-state index >= 15 is 0 Å². The van der Waals surface area contributed by atoms with Crippen LogP contribution in [0.25, 0.3) is 0 Å². The summed E-state index contributed by atoms with van der Waals surface area (Å²) in [7, 11) is 0. The fourth-order valence-electron chi connectivity index (χ4n) is 3.19. The van der Waals surface area contributed by atoms with E-state index in [1.807, 2.05) is 31.5 Å². The van der Waals surface area contributed by atoms with E-state index in [9.17, 15) is 4.79 Å². The van der Waals surface area contributed by atoms with Crippen LogP contribution in [0, 0.1) is 6.92 Å². The highest BCUT2D eigenvalue weighted by Crippen LogP contribution is 2.24. The van der Waals surface area contributed by atoms with Gasteiger partial charge in [-0.25, -0.2) is 9.97 Å². The lowest BCUT2D eigenvalue weighted by molar-refractivity contribution is 0.0924. The van der Waals surface area contributed by atoms with E-state index in [1.54, 1.807) is 12.1 Å². The summed E-state index contributed by atoms with van der Waals surface area (Å²) in [5, 5.41) is 3.50. The van der Waals surface area contributed by atoms with Crippen LogP contribution >= 0.6 is 11.6 Å². The number of benzene rings is 1. The van der Waals surface area contributed by atoms with Gasteiger partial charge in [-0.2, -0.15) is 0 Å². The van der Waals surface area contributed by atoms with Gasteiger partial charge in [0.25, 0.3) is 5.91 Å². The minimum absolute atomic E-state index is 0.0762. The highest BCUT2D eigenvalue weighted by atomic mass is 35.5. The van der Waals surface area contributed by atoms with Gasteiger partial charge in [0, 0.05) is 24.5 Å². The van der Waals surface area contributed by atoms with Crippen molar-refractivity contribution >= 4 is 17.5 Å². The molecule has 0 saturated carbocycles. The van der Waals surface area contributed by atoms with E-state index in [0.29, 0.717) is 17.1 Å². The van der Waals surface area contributed by atoms with Crippen molar-refractivity contribution < 1.29 is 4.79 Å². The third kappa shape index (κ3) is 4.55. The molecule has 3 rings (SSSR count). The number of rotatable bonds is 5. The van der Waals surface area contributed by atoms with Crippen LogP contribution in [0.15, 0.2) is 36.7 Å². The first-order valence-corrected chi connectivity index (χ1v) is 9.08. The second-order valence-corrected chi connectivity index (χ2v) is 6.77. The molecule has 6 heteroatoms. The zero-order valence-corrected chi connectivity index (χ0v) is 15.2. The molecule has 0 spiro atoms. The molecule has 1 atom stereocenters. The van der Waals surface area contributed by atoms with Gasteiger partial charge in [-0.05, 0) is 45.0 Å². The topological polar surface area (TPSA) is 58.1 Å². The third-order valence-electron chi connectivity index (χ3n) is 4.59. The number of nitrogens with one attached hydrogen (secondary N) is 1. The Balaban J connectivity index is 1.74. The molecule has 0 bridgehead atoms. The number of aryl methyl sites for hydroxylation is 1. The quantitative estimate of drug-likeness (QED) is 0.890. The average molecular weight is 359 g/mol. The van der Waals surface area contributed by atoms with Crippen molar-refractivity contribution in [3.63, 3.8) is 0 Å². The van der Waals surface area contributed by atoms with Crippen molar-refractivity contribution in [2.75, 3.05) is 19.6 Å². The second-order valence-electron chi connectivity index (χ2n) is 6.37. The van der Waals surface area contributed by atoms with E-state index in [2.05, 4.69) is 20.2 Å². The van der Waals surface area contributed by atoms with Crippen molar-refractivity contribution in [3.05, 3.63) is 58.6 Å². The number of aromatic nitrogens is 2. The summed E-state index contributed by atoms with van der Waals surface area (Å²) in [5.74, 6) is 0.599. The van der Waals surface area contributed by atoms with Crippen molar-refractivity contribution in [3.8, 4) is 0 Å². The number of hydrogen-bond donors (Lipinski definition) is 1. The highest BCUT2D eigenvalue weighted by molar-refractivity contribution is 6.33. The summed E-state index contributed by atoms with van der Waals surface area (Å²) in [6.07, 6.45) is 7.36. The maximum Gasteiger partial charge on any atom is 0.252 e. The molecule has 0 aliphatic carbocycles. The van der Waals surface area contributed by atoms with Gasteiger partial charge >= 0.3 is 0 Å². The Morgan fingerprint density at radius 1 is 1.20 bits per heavy atom. The van der Waals surface area contributed by atoms with E-state index < -0.39 is 0 Å². The van der Waals surface area contributed by atoms with Crippen LogP contribution in [-0.4, -0.2) is 40.4 Å². The number of amides is 1. The molecule has 1 aliphatic rings. The molecule has 1 aliphatic heterocycles. The second kappa shape index (κ2) is 8.41. The Kier molecular flexibility index (Phi) is 6.00. The molecule has 1 saturated heterocycles. The summed E-state index contributed by atoms with van der Waals surface area (Å²) in [4.78, 5) is 23.5. The summed E-state index contributed by atoms with van der Waals surface area (Å²) >= 11 is 6.13. The van der Waals surface area contributed by atoms with Gasteiger partial charge in [-0.3, -0.25) is 9.69 Å². The molecule has 1 aromatic carbocycles. The summed E-state index contributed by atoms with van der Waals surface area (Å²) in [6.45, 7) is 4.44. The highest BCUT2D eigenvalue weighted by Gasteiger charge is 2.24. The van der Waals surface area contributed by atoms with Crippen LogP contribution in [0.5, 0.6) is 0 Å². The molecule has 132 valence electrons. The molecule has 5 nitrogen and oxygen atoms in total. The van der Waals surface area contributed by atoms with Crippen LogP contribution in [0.1, 0.15) is 47.1 Å². The van der Waals surface area contributed by atoms with Crippen LogP contribution in [0.2, 0.25) is 5.02 Å². The predicted octanol–water partition coefficient (Wildman–Crippen LogP) is 3.40. The summed E-state index contributed by atoms with van der Waals surface area (Å²) in [6, 6.07) is 7.18. The molecule has 1 aromatic heterocycles. The molecule has 1 fully saturated rings. The van der Waals surface area contributed by atoms with Crippen LogP contribution < -0.4 is 5.32 Å². The molecular formula is C19H23ClN4O. The van der Waals surface area contributed by atoms with Gasteiger partial charge in [0.2, 0.25) is 0 Å². The Hall–Kier alpha value is -1.98. The molecule has 2 heterocycles. The standard InChI is InChI=1S/C19H23ClN4O/c1-14-21-11-15(12-22-14)18(24-9-5-2-6-10-24)13-23-19(25)16-7-3-4-8-17(16)20/h3-4,7-8,11-12,18H,2,5-6,9-10,13H2,1H3,(H,23,25). The SMILES string of the molecule is Cc1ncc(C(CNC(=O)c2ccccc2Cl)N2CCCCC2)cn1. The number of piperidine rings is 1. The Bertz CT molecular complexity index is 714. The van der Waals surface area contributed by atoms with Crippen molar-refractivity contribution in [2.45, 2.75) is 32.2 Å². The van der Waals surface area contributed by atoms with E-state index in [0.717, 1.165) is 24.5 Å². The van der Waals surface area contributed by atoms with Gasteiger partial charge in [-0.1, -0.05) is 30.2 Å². The van der Waals surface area contributed by atoms with Crippen LogP contribution in [0.3, 0.4) is 0 Å². The fourth-order valence-corrected chi connectivity index (χ4v) is 3.41. The number of hydrogen-bond acceptors (Lipinski definition) is 4. The monoisotopic (exact) mass is 358 g/mol. The lowest BCUT2D eigenvalue weighted by atomic mass is 10.0. The molecular weight excluding hydrogens is 336 g/mol. The summed E-state index contributed by atoms with van der Waals surface area (Å²) < 4.78 is 0. The Morgan fingerprint density at radius 2 is 1.88 bits per heavy atom. The third-order valence-corrected chi connectivity index (χ3v) is 4.92. The van der Waals surface area contributed by atoms with E-state index in [1.165, 1.54) is 19.3 Å². The molecule has 2 aromatic rings. The molecule has 0 radical (unpaired) electrons. The van der Waals surface area contributed by atoms with Crippen molar-refractivity contribution in [1.29, 1.82) is 0 Å². The van der Waals surface area contributed by atoms with Gasteiger partial charge in [0.05, 0.1) is 16.6 Å². The number of likely N-dealkylation sites (tertiary alicyclic amines) is 1. The molecule has 1 amide bonds. The molecule has 25 heavy (non-hydrogen) atoms. The number of nitrogens with zero attached hydrogens (tertiary/aromatic N) is 3. The summed E-state index contributed by atoms with van der Waals surface area (Å²) in [5.41, 5.74) is 1.54. The first-order valence-electron chi connectivity index (χ1n) is 8.70. The largest absolute Gasteiger partial charge is 0.350 e. The minimum Gasteiger partial charge on any atom is -0.350 e. The first kappa shape index (κ1) is 17.8. The van der Waals surface area contributed by atoms with Crippen LogP contribution in [0.4, 0.5) is 0 Å². The van der Waals surface area contributed by atoms with E-state index in [-0.39, 0.29) is 11.9 Å². The smallest absolute Gasteiger partial charge is 0.252 e. The van der Waals surface area contributed by atoms with Crippen molar-refractivity contribution in [2.24, 2.45) is 0 Å².